The third-order valence-electron chi connectivity index (χ3n) is 3.78. The maximum Gasteiger partial charge on any atom is 0.0635 e. The zero-order valence-electron chi connectivity index (χ0n) is 8.42. The molecule has 1 aliphatic heterocycles. The summed E-state index contributed by atoms with van der Waals surface area (Å²) in [6.07, 6.45) is 5.19. The summed E-state index contributed by atoms with van der Waals surface area (Å²) in [6.45, 7) is 6.96. The second-order valence-electron chi connectivity index (χ2n) is 4.84. The zero-order valence-corrected chi connectivity index (χ0v) is 8.42. The Labute approximate surface area is 75.5 Å². The van der Waals surface area contributed by atoms with Crippen LogP contribution in [0.4, 0.5) is 0 Å². The highest BCUT2D eigenvalue weighted by Crippen LogP contribution is 2.43. The summed E-state index contributed by atoms with van der Waals surface area (Å²) in [6, 6.07) is 0. The second-order valence-corrected chi connectivity index (χ2v) is 4.84. The van der Waals surface area contributed by atoms with Gasteiger partial charge in [-0.1, -0.05) is 13.8 Å². The van der Waals surface area contributed by atoms with E-state index in [1.807, 2.05) is 0 Å². The van der Waals surface area contributed by atoms with Crippen LogP contribution in [-0.2, 0) is 4.74 Å². The molecule has 1 aliphatic carbocycles. The van der Waals surface area contributed by atoms with Gasteiger partial charge in [0.1, 0.15) is 0 Å². The first-order chi connectivity index (χ1) is 5.68. The molecule has 12 heavy (non-hydrogen) atoms. The van der Waals surface area contributed by atoms with E-state index in [2.05, 4.69) is 20.8 Å². The van der Waals surface area contributed by atoms with Crippen molar-refractivity contribution in [3.8, 4) is 0 Å². The summed E-state index contributed by atoms with van der Waals surface area (Å²) < 4.78 is 5.95. The Hall–Kier alpha value is -0.0400. The van der Waals surface area contributed by atoms with Crippen molar-refractivity contribution in [1.82, 2.24) is 0 Å². The standard InChI is InChI=1S/C11H20O/c1-7-4-5-8(2)11-10(7)6-9(3)12-11/h7-11H,4-6H2,1-3H3. The Morgan fingerprint density at radius 2 is 1.67 bits per heavy atom. The molecule has 0 N–H and O–H groups in total. The second kappa shape index (κ2) is 3.02. The van der Waals surface area contributed by atoms with Gasteiger partial charge in [-0.15, -0.1) is 0 Å². The van der Waals surface area contributed by atoms with E-state index in [9.17, 15) is 0 Å². The maximum absolute atomic E-state index is 5.95. The van der Waals surface area contributed by atoms with Crippen LogP contribution in [0, 0.1) is 17.8 Å². The Bertz CT molecular complexity index is 148. The van der Waals surface area contributed by atoms with Crippen molar-refractivity contribution in [2.45, 2.75) is 52.2 Å². The van der Waals surface area contributed by atoms with E-state index in [-0.39, 0.29) is 0 Å². The van der Waals surface area contributed by atoms with E-state index in [1.54, 1.807) is 0 Å². The van der Waals surface area contributed by atoms with Crippen molar-refractivity contribution >= 4 is 0 Å². The van der Waals surface area contributed by atoms with Crippen molar-refractivity contribution in [2.24, 2.45) is 17.8 Å². The average molecular weight is 168 g/mol. The third-order valence-corrected chi connectivity index (χ3v) is 3.78. The number of hydrogen-bond acceptors (Lipinski definition) is 1. The van der Waals surface area contributed by atoms with Crippen LogP contribution >= 0.6 is 0 Å². The SMILES string of the molecule is CC1CC2C(C)CCC(C)C2O1. The van der Waals surface area contributed by atoms with E-state index in [4.69, 9.17) is 4.74 Å². The van der Waals surface area contributed by atoms with E-state index < -0.39 is 0 Å². The topological polar surface area (TPSA) is 9.23 Å². The van der Waals surface area contributed by atoms with Crippen LogP contribution in [0.25, 0.3) is 0 Å². The monoisotopic (exact) mass is 168 g/mol. The largest absolute Gasteiger partial charge is 0.375 e. The molecule has 70 valence electrons. The minimum Gasteiger partial charge on any atom is -0.375 e. The Kier molecular flexibility index (Phi) is 2.16. The van der Waals surface area contributed by atoms with Gasteiger partial charge >= 0.3 is 0 Å². The number of hydrogen-bond donors (Lipinski definition) is 0. The van der Waals surface area contributed by atoms with Gasteiger partial charge in [0.2, 0.25) is 0 Å². The van der Waals surface area contributed by atoms with E-state index >= 15 is 0 Å². The Morgan fingerprint density at radius 1 is 1.00 bits per heavy atom. The van der Waals surface area contributed by atoms with Crippen LogP contribution in [0.3, 0.4) is 0 Å². The van der Waals surface area contributed by atoms with Crippen molar-refractivity contribution < 1.29 is 4.74 Å². The molecule has 0 bridgehead atoms. The van der Waals surface area contributed by atoms with Crippen molar-refractivity contribution in [3.05, 3.63) is 0 Å². The van der Waals surface area contributed by atoms with Gasteiger partial charge < -0.3 is 4.74 Å². The van der Waals surface area contributed by atoms with Crippen LogP contribution in [0.5, 0.6) is 0 Å². The highest BCUT2D eigenvalue weighted by molar-refractivity contribution is 4.90. The van der Waals surface area contributed by atoms with E-state index in [0.717, 1.165) is 17.8 Å². The van der Waals surface area contributed by atoms with Crippen molar-refractivity contribution in [3.63, 3.8) is 0 Å². The molecule has 0 aromatic heterocycles. The molecule has 1 saturated carbocycles. The van der Waals surface area contributed by atoms with Crippen LogP contribution in [-0.4, -0.2) is 12.2 Å². The van der Waals surface area contributed by atoms with Gasteiger partial charge in [0, 0.05) is 0 Å². The molecule has 0 aromatic carbocycles. The van der Waals surface area contributed by atoms with Crippen molar-refractivity contribution in [1.29, 1.82) is 0 Å². The fraction of sp³-hybridized carbons (Fsp3) is 1.00. The average Bonchev–Trinajstić information content (AvgIpc) is 2.41. The Balaban J connectivity index is 2.09. The smallest absolute Gasteiger partial charge is 0.0635 e. The quantitative estimate of drug-likeness (QED) is 0.540. The molecule has 2 aliphatic rings. The van der Waals surface area contributed by atoms with Crippen LogP contribution in [0.2, 0.25) is 0 Å². The summed E-state index contributed by atoms with van der Waals surface area (Å²) in [5, 5.41) is 0. The summed E-state index contributed by atoms with van der Waals surface area (Å²) in [4.78, 5) is 0. The molecule has 1 heteroatoms. The molecule has 1 saturated heterocycles. The summed E-state index contributed by atoms with van der Waals surface area (Å²) in [5.74, 6) is 2.57. The predicted octanol–water partition coefficient (Wildman–Crippen LogP) is 2.85. The minimum atomic E-state index is 0.517. The molecule has 0 spiro atoms. The Morgan fingerprint density at radius 3 is 2.33 bits per heavy atom. The molecule has 5 unspecified atom stereocenters. The summed E-state index contributed by atoms with van der Waals surface area (Å²) in [7, 11) is 0. The van der Waals surface area contributed by atoms with Gasteiger partial charge in [-0.3, -0.25) is 0 Å². The number of fused-ring (bicyclic) bond motifs is 1. The lowest BCUT2D eigenvalue weighted by molar-refractivity contribution is -0.0182. The van der Waals surface area contributed by atoms with E-state index in [0.29, 0.717) is 12.2 Å². The fourth-order valence-corrected chi connectivity index (χ4v) is 2.96. The molecule has 0 amide bonds. The highest BCUT2D eigenvalue weighted by Gasteiger charge is 2.42. The lowest BCUT2D eigenvalue weighted by Crippen LogP contribution is -2.33. The van der Waals surface area contributed by atoms with Gasteiger partial charge in [0.05, 0.1) is 12.2 Å². The highest BCUT2D eigenvalue weighted by atomic mass is 16.5. The molecule has 1 heterocycles. The molecular weight excluding hydrogens is 148 g/mol. The van der Waals surface area contributed by atoms with Crippen LogP contribution in [0.1, 0.15) is 40.0 Å². The molecule has 2 fully saturated rings. The van der Waals surface area contributed by atoms with Gasteiger partial charge in [-0.05, 0) is 43.9 Å². The number of ether oxygens (including phenoxy) is 1. The first-order valence-electron chi connectivity index (χ1n) is 5.34. The summed E-state index contributed by atoms with van der Waals surface area (Å²) >= 11 is 0. The third kappa shape index (κ3) is 1.28. The molecule has 5 atom stereocenters. The van der Waals surface area contributed by atoms with Gasteiger partial charge in [0.25, 0.3) is 0 Å². The van der Waals surface area contributed by atoms with Gasteiger partial charge in [-0.25, -0.2) is 0 Å². The molecule has 1 nitrogen and oxygen atoms in total. The number of rotatable bonds is 0. The maximum atomic E-state index is 5.95. The molecule has 0 radical (unpaired) electrons. The van der Waals surface area contributed by atoms with Crippen molar-refractivity contribution in [2.75, 3.05) is 0 Å². The van der Waals surface area contributed by atoms with Crippen LogP contribution in [0.15, 0.2) is 0 Å². The van der Waals surface area contributed by atoms with Crippen LogP contribution < -0.4 is 0 Å². The van der Waals surface area contributed by atoms with Gasteiger partial charge in [-0.2, -0.15) is 0 Å². The predicted molar refractivity (Wildman–Crippen MR) is 50.0 cm³/mol. The fourth-order valence-electron chi connectivity index (χ4n) is 2.96. The first-order valence-corrected chi connectivity index (χ1v) is 5.34. The summed E-state index contributed by atoms with van der Waals surface area (Å²) in [5.41, 5.74) is 0. The molecular formula is C11H20O. The lowest BCUT2D eigenvalue weighted by Gasteiger charge is -2.34. The normalized spacial score (nSPS) is 53.8. The minimum absolute atomic E-state index is 0.517. The zero-order chi connectivity index (χ0) is 8.72. The first kappa shape index (κ1) is 8.55. The lowest BCUT2D eigenvalue weighted by atomic mass is 9.73. The van der Waals surface area contributed by atoms with Gasteiger partial charge in [0.15, 0.2) is 0 Å². The molecule has 2 rings (SSSR count). The molecule has 0 aromatic rings. The van der Waals surface area contributed by atoms with E-state index in [1.165, 1.54) is 19.3 Å².